The van der Waals surface area contributed by atoms with Crippen molar-refractivity contribution in [3.05, 3.63) is 36.0 Å². The van der Waals surface area contributed by atoms with Gasteiger partial charge in [0.25, 0.3) is 0 Å². The van der Waals surface area contributed by atoms with Crippen LogP contribution < -0.4 is 10.6 Å². The van der Waals surface area contributed by atoms with E-state index in [2.05, 4.69) is 43.0 Å². The third kappa shape index (κ3) is 1.98. The van der Waals surface area contributed by atoms with Crippen molar-refractivity contribution in [1.82, 2.24) is 4.98 Å². The Balaban J connectivity index is 2.20. The number of rotatable bonds is 2. The van der Waals surface area contributed by atoms with Crippen LogP contribution in [0.25, 0.3) is 10.8 Å². The molecule has 1 aliphatic heterocycles. The highest BCUT2D eigenvalue weighted by atomic mass is 15.3. The van der Waals surface area contributed by atoms with Gasteiger partial charge >= 0.3 is 0 Å². The van der Waals surface area contributed by atoms with Gasteiger partial charge in [-0.05, 0) is 37.6 Å². The third-order valence-corrected chi connectivity index (χ3v) is 4.23. The summed E-state index contributed by atoms with van der Waals surface area (Å²) in [5, 5.41) is 2.46. The standard InChI is InChI=1S/C16H21N3/c1-16(2)8-5-9-19(16)15-14-7-4-3-6-13(14)12(10-17)11-18-15/h3-4,6-7,11H,5,8-10,17H2,1-2H3. The summed E-state index contributed by atoms with van der Waals surface area (Å²) in [6.45, 7) is 6.23. The van der Waals surface area contributed by atoms with Gasteiger partial charge < -0.3 is 10.6 Å². The Labute approximate surface area is 114 Å². The van der Waals surface area contributed by atoms with Crippen molar-refractivity contribution >= 4 is 16.6 Å². The molecule has 1 aromatic heterocycles. The minimum absolute atomic E-state index is 0.194. The SMILES string of the molecule is CC1(C)CCCN1c1ncc(CN)c2ccccc12. The fourth-order valence-corrected chi connectivity index (χ4v) is 3.11. The smallest absolute Gasteiger partial charge is 0.136 e. The van der Waals surface area contributed by atoms with Crippen molar-refractivity contribution in [2.24, 2.45) is 5.73 Å². The molecule has 0 bridgehead atoms. The van der Waals surface area contributed by atoms with Crippen molar-refractivity contribution in [1.29, 1.82) is 0 Å². The zero-order chi connectivity index (χ0) is 13.5. The van der Waals surface area contributed by atoms with E-state index in [1.165, 1.54) is 23.6 Å². The van der Waals surface area contributed by atoms with Gasteiger partial charge in [-0.1, -0.05) is 24.3 Å². The van der Waals surface area contributed by atoms with Gasteiger partial charge in [-0.15, -0.1) is 0 Å². The van der Waals surface area contributed by atoms with E-state index in [9.17, 15) is 0 Å². The second-order valence-electron chi connectivity index (χ2n) is 5.92. The molecule has 0 spiro atoms. The van der Waals surface area contributed by atoms with Crippen LogP contribution in [-0.4, -0.2) is 17.1 Å². The Morgan fingerprint density at radius 2 is 2.00 bits per heavy atom. The first-order chi connectivity index (χ1) is 9.13. The molecule has 0 atom stereocenters. The average Bonchev–Trinajstić information content (AvgIpc) is 2.77. The van der Waals surface area contributed by atoms with Gasteiger partial charge in [0.2, 0.25) is 0 Å². The molecule has 1 fully saturated rings. The Kier molecular flexibility index (Phi) is 2.94. The maximum Gasteiger partial charge on any atom is 0.136 e. The van der Waals surface area contributed by atoms with Crippen LogP contribution in [0.5, 0.6) is 0 Å². The second kappa shape index (κ2) is 4.49. The molecule has 0 saturated carbocycles. The summed E-state index contributed by atoms with van der Waals surface area (Å²) >= 11 is 0. The highest BCUT2D eigenvalue weighted by Crippen LogP contribution is 2.36. The second-order valence-corrected chi connectivity index (χ2v) is 5.92. The molecule has 2 heterocycles. The molecule has 1 aromatic carbocycles. The van der Waals surface area contributed by atoms with Crippen molar-refractivity contribution in [2.75, 3.05) is 11.4 Å². The Bertz CT molecular complexity index is 604. The van der Waals surface area contributed by atoms with Crippen LogP contribution in [0.4, 0.5) is 5.82 Å². The normalized spacial score (nSPS) is 18.2. The number of benzene rings is 1. The van der Waals surface area contributed by atoms with Gasteiger partial charge in [-0.3, -0.25) is 0 Å². The van der Waals surface area contributed by atoms with Crippen molar-refractivity contribution in [3.8, 4) is 0 Å². The van der Waals surface area contributed by atoms with Crippen LogP contribution in [0.15, 0.2) is 30.5 Å². The maximum atomic E-state index is 5.82. The van der Waals surface area contributed by atoms with Gasteiger partial charge in [0.05, 0.1) is 0 Å². The van der Waals surface area contributed by atoms with Gasteiger partial charge in [-0.25, -0.2) is 4.98 Å². The average molecular weight is 255 g/mol. The highest BCUT2D eigenvalue weighted by Gasteiger charge is 2.33. The van der Waals surface area contributed by atoms with E-state index in [-0.39, 0.29) is 5.54 Å². The molecule has 2 aromatic rings. The van der Waals surface area contributed by atoms with Crippen molar-refractivity contribution in [2.45, 2.75) is 38.8 Å². The van der Waals surface area contributed by atoms with Crippen LogP contribution in [0, 0.1) is 0 Å². The molecule has 0 unspecified atom stereocenters. The third-order valence-electron chi connectivity index (χ3n) is 4.23. The zero-order valence-electron chi connectivity index (χ0n) is 11.7. The Morgan fingerprint density at radius 1 is 1.26 bits per heavy atom. The van der Waals surface area contributed by atoms with Gasteiger partial charge in [-0.2, -0.15) is 0 Å². The molecule has 3 rings (SSSR count). The largest absolute Gasteiger partial charge is 0.351 e. The molecule has 3 heteroatoms. The first-order valence-electron chi connectivity index (χ1n) is 6.98. The quantitative estimate of drug-likeness (QED) is 0.896. The van der Waals surface area contributed by atoms with Crippen LogP contribution in [0.1, 0.15) is 32.3 Å². The number of fused-ring (bicyclic) bond motifs is 1. The lowest BCUT2D eigenvalue weighted by molar-refractivity contribution is 0.515. The summed E-state index contributed by atoms with van der Waals surface area (Å²) < 4.78 is 0. The molecule has 19 heavy (non-hydrogen) atoms. The molecule has 1 saturated heterocycles. The lowest BCUT2D eigenvalue weighted by atomic mass is 10.0. The first kappa shape index (κ1) is 12.4. The summed E-state index contributed by atoms with van der Waals surface area (Å²) in [5.74, 6) is 1.11. The molecule has 3 nitrogen and oxygen atoms in total. The molecular formula is C16H21N3. The fourth-order valence-electron chi connectivity index (χ4n) is 3.11. The Morgan fingerprint density at radius 3 is 2.63 bits per heavy atom. The molecule has 0 radical (unpaired) electrons. The fraction of sp³-hybridized carbons (Fsp3) is 0.438. The first-order valence-corrected chi connectivity index (χ1v) is 6.98. The summed E-state index contributed by atoms with van der Waals surface area (Å²) in [6.07, 6.45) is 4.40. The lowest BCUT2D eigenvalue weighted by Crippen LogP contribution is -2.38. The Hall–Kier alpha value is -1.61. The monoisotopic (exact) mass is 255 g/mol. The minimum atomic E-state index is 0.194. The van der Waals surface area contributed by atoms with E-state index in [4.69, 9.17) is 10.7 Å². The molecule has 2 N–H and O–H groups in total. The van der Waals surface area contributed by atoms with E-state index in [0.717, 1.165) is 17.9 Å². The minimum Gasteiger partial charge on any atom is -0.351 e. The van der Waals surface area contributed by atoms with E-state index < -0.39 is 0 Å². The van der Waals surface area contributed by atoms with Crippen LogP contribution in [0.3, 0.4) is 0 Å². The highest BCUT2D eigenvalue weighted by molar-refractivity contribution is 5.94. The van der Waals surface area contributed by atoms with Gasteiger partial charge in [0.1, 0.15) is 5.82 Å². The predicted octanol–water partition coefficient (Wildman–Crippen LogP) is 3.07. The summed E-state index contributed by atoms with van der Waals surface area (Å²) in [4.78, 5) is 7.14. The van der Waals surface area contributed by atoms with Crippen LogP contribution in [0.2, 0.25) is 0 Å². The van der Waals surface area contributed by atoms with E-state index in [0.29, 0.717) is 6.54 Å². The molecular weight excluding hydrogens is 234 g/mol. The van der Waals surface area contributed by atoms with E-state index in [1.54, 1.807) is 0 Å². The number of nitrogens with two attached hydrogens (primary N) is 1. The van der Waals surface area contributed by atoms with Crippen LogP contribution >= 0.6 is 0 Å². The van der Waals surface area contributed by atoms with Crippen molar-refractivity contribution < 1.29 is 0 Å². The number of nitrogens with zero attached hydrogens (tertiary/aromatic N) is 2. The van der Waals surface area contributed by atoms with E-state index >= 15 is 0 Å². The number of pyridine rings is 1. The summed E-state index contributed by atoms with van der Waals surface area (Å²) in [7, 11) is 0. The molecule has 0 aliphatic carbocycles. The maximum absolute atomic E-state index is 5.82. The summed E-state index contributed by atoms with van der Waals surface area (Å²) in [6, 6.07) is 8.45. The topological polar surface area (TPSA) is 42.2 Å². The van der Waals surface area contributed by atoms with Gasteiger partial charge in [0, 0.05) is 30.2 Å². The lowest BCUT2D eigenvalue weighted by Gasteiger charge is -2.33. The number of aromatic nitrogens is 1. The van der Waals surface area contributed by atoms with Crippen LogP contribution in [-0.2, 0) is 6.54 Å². The van der Waals surface area contributed by atoms with E-state index in [1.807, 2.05) is 6.20 Å². The summed E-state index contributed by atoms with van der Waals surface area (Å²) in [5.41, 5.74) is 7.14. The molecule has 0 amide bonds. The molecule has 1 aliphatic rings. The van der Waals surface area contributed by atoms with Gasteiger partial charge in [0.15, 0.2) is 0 Å². The number of hydrogen-bond donors (Lipinski definition) is 1. The zero-order valence-corrected chi connectivity index (χ0v) is 11.7. The van der Waals surface area contributed by atoms with Crippen molar-refractivity contribution in [3.63, 3.8) is 0 Å². The predicted molar refractivity (Wildman–Crippen MR) is 80.3 cm³/mol. The number of anilines is 1. The molecule has 100 valence electrons. The number of hydrogen-bond acceptors (Lipinski definition) is 3.